The highest BCUT2D eigenvalue weighted by Gasteiger charge is 2.46. The maximum Gasteiger partial charge on any atom is 0.221 e. The molecule has 0 aromatic carbocycles. The topological polar surface area (TPSA) is 83.6 Å². The van der Waals surface area contributed by atoms with E-state index in [9.17, 15) is 13.5 Å². The third-order valence-corrected chi connectivity index (χ3v) is 5.53. The maximum atomic E-state index is 12.0. The Bertz CT molecular complexity index is 382. The molecule has 0 aromatic heterocycles. The van der Waals surface area contributed by atoms with Crippen LogP contribution in [0.4, 0.5) is 0 Å². The zero-order chi connectivity index (χ0) is 11.9. The van der Waals surface area contributed by atoms with Crippen LogP contribution < -0.4 is 5.73 Å². The van der Waals surface area contributed by atoms with Crippen molar-refractivity contribution in [1.29, 1.82) is 0 Å². The number of piperidine rings is 1. The average molecular weight is 264 g/mol. The molecule has 2 bridgehead atoms. The number of thiocarbonyl (C=S) groups is 1. The van der Waals surface area contributed by atoms with Crippen LogP contribution in [0.2, 0.25) is 0 Å². The summed E-state index contributed by atoms with van der Waals surface area (Å²) in [4.78, 5) is 0.00511. The van der Waals surface area contributed by atoms with Crippen molar-refractivity contribution in [3.63, 3.8) is 0 Å². The number of rotatable bonds is 3. The van der Waals surface area contributed by atoms with Crippen LogP contribution in [0, 0.1) is 0 Å². The molecule has 2 atom stereocenters. The molecule has 0 aliphatic carbocycles. The van der Waals surface area contributed by atoms with E-state index in [0.29, 0.717) is 12.8 Å². The number of aliphatic hydroxyl groups excluding tert-OH is 1. The second-order valence-corrected chi connectivity index (χ2v) is 6.96. The largest absolute Gasteiger partial charge is 0.393 e. The highest BCUT2D eigenvalue weighted by molar-refractivity contribution is 7.92. The number of sulfonamides is 1. The van der Waals surface area contributed by atoms with E-state index in [2.05, 4.69) is 12.2 Å². The Morgan fingerprint density at radius 1 is 1.38 bits per heavy atom. The minimum absolute atomic E-state index is 0.00511. The van der Waals surface area contributed by atoms with Gasteiger partial charge in [-0.15, -0.1) is 0 Å². The first-order valence-corrected chi connectivity index (χ1v) is 7.39. The molecular weight excluding hydrogens is 248 g/mol. The lowest BCUT2D eigenvalue weighted by atomic mass is 10.0. The summed E-state index contributed by atoms with van der Waals surface area (Å²) in [7, 11) is -3.39. The van der Waals surface area contributed by atoms with Gasteiger partial charge in [0.2, 0.25) is 10.0 Å². The van der Waals surface area contributed by atoms with Crippen LogP contribution in [-0.4, -0.2) is 46.8 Å². The van der Waals surface area contributed by atoms with Crippen LogP contribution in [0.3, 0.4) is 0 Å². The van der Waals surface area contributed by atoms with Crippen molar-refractivity contribution in [3.8, 4) is 0 Å². The smallest absolute Gasteiger partial charge is 0.221 e. The summed E-state index contributed by atoms with van der Waals surface area (Å²) in [6.07, 6.45) is 2.37. The fraction of sp³-hybridized carbons (Fsp3) is 0.889. The van der Waals surface area contributed by atoms with Crippen LogP contribution in [0.5, 0.6) is 0 Å². The number of hydrogen-bond donors (Lipinski definition) is 2. The molecule has 92 valence electrons. The molecule has 16 heavy (non-hydrogen) atoms. The number of nitrogens with zero attached hydrogens (tertiary/aromatic N) is 1. The van der Waals surface area contributed by atoms with Crippen molar-refractivity contribution >= 4 is 27.2 Å². The second-order valence-electron chi connectivity index (χ2n) is 4.56. The molecule has 2 saturated heterocycles. The molecule has 2 heterocycles. The van der Waals surface area contributed by atoms with Crippen molar-refractivity contribution in [1.82, 2.24) is 4.31 Å². The summed E-state index contributed by atoms with van der Waals surface area (Å²) in [5.41, 5.74) is 5.30. The van der Waals surface area contributed by atoms with Gasteiger partial charge in [-0.1, -0.05) is 12.2 Å². The first-order chi connectivity index (χ1) is 7.40. The molecule has 0 spiro atoms. The van der Waals surface area contributed by atoms with Crippen LogP contribution in [0.25, 0.3) is 0 Å². The summed E-state index contributed by atoms with van der Waals surface area (Å²) >= 11 is 4.66. The van der Waals surface area contributed by atoms with Crippen LogP contribution in [0.15, 0.2) is 0 Å². The van der Waals surface area contributed by atoms with Gasteiger partial charge in [0.15, 0.2) is 0 Å². The Morgan fingerprint density at radius 2 is 1.88 bits per heavy atom. The molecule has 0 aromatic rings. The van der Waals surface area contributed by atoms with Gasteiger partial charge in [-0.2, -0.15) is 4.31 Å². The van der Waals surface area contributed by atoms with Gasteiger partial charge >= 0.3 is 0 Å². The van der Waals surface area contributed by atoms with Gasteiger partial charge in [0, 0.05) is 12.1 Å². The zero-order valence-corrected chi connectivity index (χ0v) is 10.5. The SMILES string of the molecule is NC(=S)CS(=O)(=O)N1C2CCC1CC(O)C2. The molecule has 0 radical (unpaired) electrons. The van der Waals surface area contributed by atoms with Gasteiger partial charge in [-0.25, -0.2) is 8.42 Å². The lowest BCUT2D eigenvalue weighted by molar-refractivity contribution is 0.0771. The van der Waals surface area contributed by atoms with E-state index < -0.39 is 10.0 Å². The minimum Gasteiger partial charge on any atom is -0.393 e. The van der Waals surface area contributed by atoms with Gasteiger partial charge in [-0.3, -0.25) is 0 Å². The average Bonchev–Trinajstić information content (AvgIpc) is 2.38. The standard InChI is InChI=1S/C9H16N2O3S2/c10-9(15)5-16(13,14)11-6-1-2-7(11)4-8(12)3-6/h6-8,12H,1-5H2,(H2,10,15). The Balaban J connectivity index is 2.20. The summed E-state index contributed by atoms with van der Waals surface area (Å²) in [5.74, 6) is -0.259. The van der Waals surface area contributed by atoms with Crippen molar-refractivity contribution < 1.29 is 13.5 Å². The molecule has 5 nitrogen and oxygen atoms in total. The van der Waals surface area contributed by atoms with Gasteiger partial charge < -0.3 is 10.8 Å². The van der Waals surface area contributed by atoms with E-state index in [4.69, 9.17) is 5.73 Å². The first kappa shape index (κ1) is 12.2. The van der Waals surface area contributed by atoms with Crippen LogP contribution in [-0.2, 0) is 10.0 Å². The molecule has 2 rings (SSSR count). The summed E-state index contributed by atoms with van der Waals surface area (Å²) in [5, 5.41) is 9.58. The number of hydrogen-bond acceptors (Lipinski definition) is 4. The van der Waals surface area contributed by atoms with Gasteiger partial charge in [0.05, 0.1) is 11.1 Å². The van der Waals surface area contributed by atoms with Crippen LogP contribution >= 0.6 is 12.2 Å². The third-order valence-electron chi connectivity index (χ3n) is 3.29. The zero-order valence-electron chi connectivity index (χ0n) is 8.87. The molecule has 2 aliphatic rings. The van der Waals surface area contributed by atoms with E-state index in [1.54, 1.807) is 0 Å². The van der Waals surface area contributed by atoms with Crippen molar-refractivity contribution in [2.24, 2.45) is 5.73 Å². The van der Waals surface area contributed by atoms with E-state index in [0.717, 1.165) is 12.8 Å². The lowest BCUT2D eigenvalue weighted by Gasteiger charge is -2.35. The fourth-order valence-corrected chi connectivity index (χ4v) is 5.06. The molecular formula is C9H16N2O3S2. The molecule has 0 amide bonds. The summed E-state index contributed by atoms with van der Waals surface area (Å²) in [6.45, 7) is 0. The molecule has 0 saturated carbocycles. The van der Waals surface area contributed by atoms with E-state index in [1.807, 2.05) is 0 Å². The number of aliphatic hydroxyl groups is 1. The quantitative estimate of drug-likeness (QED) is 0.677. The van der Waals surface area contributed by atoms with E-state index in [1.165, 1.54) is 4.31 Å². The Labute approximate surface area is 101 Å². The predicted molar refractivity (Wildman–Crippen MR) is 64.5 cm³/mol. The van der Waals surface area contributed by atoms with E-state index >= 15 is 0 Å². The summed E-state index contributed by atoms with van der Waals surface area (Å²) < 4.78 is 25.6. The molecule has 3 N–H and O–H groups in total. The lowest BCUT2D eigenvalue weighted by Crippen LogP contribution is -2.49. The minimum atomic E-state index is -3.39. The van der Waals surface area contributed by atoms with Gasteiger partial charge in [-0.05, 0) is 25.7 Å². The van der Waals surface area contributed by atoms with E-state index in [-0.39, 0.29) is 28.9 Å². The molecule has 2 fully saturated rings. The number of fused-ring (bicyclic) bond motifs is 2. The maximum absolute atomic E-state index is 12.0. The van der Waals surface area contributed by atoms with Gasteiger partial charge in [0.25, 0.3) is 0 Å². The van der Waals surface area contributed by atoms with Crippen LogP contribution in [0.1, 0.15) is 25.7 Å². The summed E-state index contributed by atoms with van der Waals surface area (Å²) in [6, 6.07) is -0.124. The third kappa shape index (κ3) is 2.22. The second kappa shape index (κ2) is 4.21. The number of nitrogens with two attached hydrogens (primary N) is 1. The monoisotopic (exact) mass is 264 g/mol. The van der Waals surface area contributed by atoms with Crippen molar-refractivity contribution in [2.75, 3.05) is 5.75 Å². The first-order valence-electron chi connectivity index (χ1n) is 5.38. The normalized spacial score (nSPS) is 35.2. The molecule has 7 heteroatoms. The van der Waals surface area contributed by atoms with Crippen molar-refractivity contribution in [2.45, 2.75) is 43.9 Å². The predicted octanol–water partition coefficient (Wildman–Crippen LogP) is -0.410. The molecule has 2 unspecified atom stereocenters. The highest BCUT2D eigenvalue weighted by atomic mass is 32.2. The Kier molecular flexibility index (Phi) is 3.22. The fourth-order valence-electron chi connectivity index (χ4n) is 2.81. The van der Waals surface area contributed by atoms with Crippen molar-refractivity contribution in [3.05, 3.63) is 0 Å². The highest BCUT2D eigenvalue weighted by Crippen LogP contribution is 2.37. The molecule has 2 aliphatic heterocycles. The Hall–Kier alpha value is -0.240. The Morgan fingerprint density at radius 3 is 2.31 bits per heavy atom. The van der Waals surface area contributed by atoms with Gasteiger partial charge in [0.1, 0.15) is 5.75 Å².